The molecule has 14 heteroatoms. The van der Waals surface area contributed by atoms with Gasteiger partial charge < -0.3 is 40.4 Å². The van der Waals surface area contributed by atoms with Crippen LogP contribution >= 0.6 is 0 Å². The maximum Gasteiger partial charge on any atom is 0.142 e. The molecule has 0 spiro atoms. The average Bonchev–Trinajstić information content (AvgIpc) is 3.39. The second-order valence-corrected chi connectivity index (χ2v) is 23.0. The summed E-state index contributed by atoms with van der Waals surface area (Å²) in [5, 5.41) is 57.5. The van der Waals surface area contributed by atoms with Crippen LogP contribution in [0, 0.1) is 0 Å². The van der Waals surface area contributed by atoms with E-state index >= 15 is 0 Å². The minimum Gasteiger partial charge on any atom is -0.507 e. The maximum atomic E-state index is 12.3. The Balaban J connectivity index is 0.846. The Labute approximate surface area is 496 Å². The third-order valence-corrected chi connectivity index (χ3v) is 18.2. The number of para-hydroxylation sites is 4. The van der Waals surface area contributed by atoms with Gasteiger partial charge in [-0.05, 0) is 142 Å². The van der Waals surface area contributed by atoms with Crippen molar-refractivity contribution in [2.45, 2.75) is 12.8 Å². The summed E-state index contributed by atoms with van der Waals surface area (Å²) in [4.78, 5) is 45.7. The van der Waals surface area contributed by atoms with Crippen LogP contribution in [0.2, 0.25) is 0 Å². The van der Waals surface area contributed by atoms with Crippen molar-refractivity contribution in [3.05, 3.63) is 215 Å². The van der Waals surface area contributed by atoms with E-state index in [0.29, 0.717) is 101 Å². The summed E-state index contributed by atoms with van der Waals surface area (Å²) < 4.78 is 0. The lowest BCUT2D eigenvalue weighted by Gasteiger charge is -2.08. The summed E-state index contributed by atoms with van der Waals surface area (Å²) in [7, 11) is 0. The van der Waals surface area contributed by atoms with Gasteiger partial charge in [0.2, 0.25) is 0 Å². The Morgan fingerprint density at radius 2 is 0.648 bits per heavy atom. The molecule has 4 aliphatic rings. The highest BCUT2D eigenvalue weighted by Gasteiger charge is 2.24. The summed E-state index contributed by atoms with van der Waals surface area (Å²) >= 11 is 0. The number of aromatic amines is 4. The summed E-state index contributed by atoms with van der Waals surface area (Å²) in [5.41, 5.74) is 17.8. The molecule has 414 valence electrons. The molecular formula is C74H44N10O4. The van der Waals surface area contributed by atoms with E-state index in [1.54, 1.807) is 0 Å². The van der Waals surface area contributed by atoms with Gasteiger partial charge in [0, 0.05) is 89.1 Å². The predicted molar refractivity (Wildman–Crippen MR) is 352 cm³/mol. The molecule has 14 nitrogen and oxygen atoms in total. The molecule has 6 aromatic heterocycles. The van der Waals surface area contributed by atoms with Gasteiger partial charge in [0.1, 0.15) is 34.3 Å². The summed E-state index contributed by atoms with van der Waals surface area (Å²) in [6.07, 6.45) is 8.82. The molecule has 15 aromatic rings. The first kappa shape index (κ1) is 48.2. The molecule has 0 amide bonds. The molecule has 9 aromatic carbocycles. The van der Waals surface area contributed by atoms with Crippen molar-refractivity contribution < 1.29 is 20.4 Å². The van der Waals surface area contributed by atoms with E-state index in [-0.39, 0.29) is 23.0 Å². The van der Waals surface area contributed by atoms with Crippen LogP contribution in [0.5, 0.6) is 23.0 Å². The van der Waals surface area contributed by atoms with Crippen molar-refractivity contribution >= 4 is 155 Å². The van der Waals surface area contributed by atoms with Crippen LogP contribution in [0.15, 0.2) is 170 Å². The molecule has 0 fully saturated rings. The first-order valence-electron chi connectivity index (χ1n) is 29.1. The first-order valence-corrected chi connectivity index (χ1v) is 29.1. The quantitative estimate of drug-likeness (QED) is 0.0818. The fraction of sp³-hybridized carbons (Fsp3) is 0.0270. The van der Waals surface area contributed by atoms with Crippen LogP contribution in [0.25, 0.3) is 178 Å². The minimum absolute atomic E-state index is 0.0432. The van der Waals surface area contributed by atoms with Crippen LogP contribution in [0.3, 0.4) is 0 Å². The van der Waals surface area contributed by atoms with E-state index in [2.05, 4.69) is 80.6 Å². The van der Waals surface area contributed by atoms with Crippen LogP contribution in [0.1, 0.15) is 45.3 Å². The Bertz CT molecular complexity index is 6160. The number of fused-ring (bicyclic) bond motifs is 28. The van der Waals surface area contributed by atoms with Gasteiger partial charge in [0.15, 0.2) is 0 Å². The summed E-state index contributed by atoms with van der Waals surface area (Å²) in [6, 6.07) is 55.5. The standard InChI is InChI=1S/C74H44N10O4/c85-69-41-5-1-9-45(69)59-33-39-19-17-37-21-23-57-67(63(37)65(39)79-59)83-73(81-57)47-11-3-7-43(71(47)87)51-27-31-55(77-51)61(53-29-25-49(41)75-53)35-13-15-36(16-14-35)62-54-30-26-50(76-54)42-6-2-10-46(70(42)86)60-34-40-20-18-38-22-24-58-68(64(38)66(40)80-60)84-74(82-58)48-12-4-8-44(72(48)88)52-28-32-56(62)78-52/h1-32,75,78,85-88H,33-34H2,(H,81,83)(H,82,84). The normalized spacial score (nSPS) is 13.0. The second-order valence-electron chi connectivity index (χ2n) is 23.0. The van der Waals surface area contributed by atoms with E-state index < -0.39 is 0 Å². The Morgan fingerprint density at radius 1 is 0.284 bits per heavy atom. The third-order valence-electron chi connectivity index (χ3n) is 18.2. The molecule has 24 bridgehead atoms. The number of H-pyrrole nitrogens is 4. The molecule has 0 aliphatic carbocycles. The van der Waals surface area contributed by atoms with Crippen LogP contribution in [-0.4, -0.2) is 70.3 Å². The lowest BCUT2D eigenvalue weighted by molar-refractivity contribution is 0.486. The summed E-state index contributed by atoms with van der Waals surface area (Å²) in [6.45, 7) is 0. The van der Waals surface area contributed by atoms with Gasteiger partial charge in [-0.1, -0.05) is 84.9 Å². The van der Waals surface area contributed by atoms with E-state index in [0.717, 1.165) is 110 Å². The molecule has 4 aliphatic heterocycles. The number of aromatic nitrogens is 10. The zero-order valence-corrected chi connectivity index (χ0v) is 46.4. The van der Waals surface area contributed by atoms with Gasteiger partial charge in [-0.25, -0.2) is 19.9 Å². The molecule has 10 heterocycles. The van der Waals surface area contributed by atoms with Gasteiger partial charge in [-0.2, -0.15) is 0 Å². The number of aromatic hydroxyl groups is 4. The van der Waals surface area contributed by atoms with E-state index in [1.807, 2.05) is 133 Å². The highest BCUT2D eigenvalue weighted by molar-refractivity contribution is 6.17. The van der Waals surface area contributed by atoms with E-state index in [1.165, 1.54) is 0 Å². The number of rotatable bonds is 2. The van der Waals surface area contributed by atoms with Crippen molar-refractivity contribution in [3.63, 3.8) is 0 Å². The second kappa shape index (κ2) is 17.7. The maximum absolute atomic E-state index is 12.3. The molecule has 88 heavy (non-hydrogen) atoms. The number of benzene rings is 9. The number of nitrogens with zero attached hydrogens (tertiary/aromatic N) is 6. The van der Waals surface area contributed by atoms with E-state index in [4.69, 9.17) is 29.9 Å². The molecule has 0 saturated heterocycles. The van der Waals surface area contributed by atoms with Crippen molar-refractivity contribution in [3.8, 4) is 45.3 Å². The monoisotopic (exact) mass is 1140 g/mol. The van der Waals surface area contributed by atoms with Gasteiger partial charge >= 0.3 is 0 Å². The SMILES string of the molecule is Oc1c2cccc1c1nc3c(ccc4ccc5[nH]c(nc5c43)c3cccc(c3O)c3ccc([nH]3)c(-c3ccc(-c4c5nc(c6cccc(c6O)c6nc7c(ccc8ccc9c(nc(c%10cccc(c%10O)c%10ccc4[nH]%10)C9)c87)[nH]6)C=C5)cc3)c3nc2C=C3)C1. The lowest BCUT2D eigenvalue weighted by atomic mass is 9.98. The molecule has 0 atom stereocenters. The van der Waals surface area contributed by atoms with Gasteiger partial charge in [-0.3, -0.25) is 9.97 Å². The number of hydrogen-bond donors (Lipinski definition) is 8. The molecule has 8 N–H and O–H groups in total. The van der Waals surface area contributed by atoms with E-state index in [9.17, 15) is 20.4 Å². The van der Waals surface area contributed by atoms with Crippen LogP contribution < -0.4 is 0 Å². The molecule has 19 rings (SSSR count). The van der Waals surface area contributed by atoms with Crippen molar-refractivity contribution in [1.29, 1.82) is 0 Å². The van der Waals surface area contributed by atoms with Gasteiger partial charge in [-0.15, -0.1) is 0 Å². The zero-order chi connectivity index (χ0) is 58.2. The number of imidazole rings is 2. The zero-order valence-electron chi connectivity index (χ0n) is 46.4. The minimum atomic E-state index is 0.0432. The van der Waals surface area contributed by atoms with Crippen molar-refractivity contribution in [1.82, 2.24) is 49.8 Å². The molecule has 0 unspecified atom stereocenters. The number of phenolic OH excluding ortho intramolecular Hbond substituents is 4. The lowest BCUT2D eigenvalue weighted by Crippen LogP contribution is -1.89. The van der Waals surface area contributed by atoms with Crippen LogP contribution in [0.4, 0.5) is 0 Å². The van der Waals surface area contributed by atoms with Crippen LogP contribution in [-0.2, 0) is 12.8 Å². The number of nitrogens with one attached hydrogen (secondary N) is 4. The first-order chi connectivity index (χ1) is 43.2. The Hall–Kier alpha value is -12.2. The highest BCUT2D eigenvalue weighted by Crippen LogP contribution is 2.43. The van der Waals surface area contributed by atoms with Crippen molar-refractivity contribution in [2.24, 2.45) is 0 Å². The third kappa shape index (κ3) is 6.93. The topological polar surface area (TPSA) is 221 Å². The number of phenols is 4. The largest absolute Gasteiger partial charge is 0.507 e. The predicted octanol–water partition coefficient (Wildman–Crippen LogP) is 16.6. The number of hydrogen-bond acceptors (Lipinski definition) is 10. The highest BCUT2D eigenvalue weighted by atomic mass is 16.3. The van der Waals surface area contributed by atoms with Gasteiger partial charge in [0.05, 0.1) is 78.0 Å². The Morgan fingerprint density at radius 3 is 1.12 bits per heavy atom. The average molecular weight is 1140 g/mol. The fourth-order valence-electron chi connectivity index (χ4n) is 13.9. The smallest absolute Gasteiger partial charge is 0.142 e. The summed E-state index contributed by atoms with van der Waals surface area (Å²) in [5.74, 6) is 0.320. The molecular weight excluding hydrogens is 1090 g/mol. The van der Waals surface area contributed by atoms with Gasteiger partial charge in [0.25, 0.3) is 0 Å². The Kier molecular flexibility index (Phi) is 9.70. The fourth-order valence-corrected chi connectivity index (χ4v) is 13.9. The molecule has 0 radical (unpaired) electrons. The van der Waals surface area contributed by atoms with Crippen molar-refractivity contribution in [2.75, 3.05) is 0 Å². The molecule has 0 saturated carbocycles.